The van der Waals surface area contributed by atoms with Crippen LogP contribution in [0.3, 0.4) is 0 Å². The van der Waals surface area contributed by atoms with Crippen molar-refractivity contribution in [2.45, 2.75) is 19.8 Å². The minimum atomic E-state index is 0.170. The van der Waals surface area contributed by atoms with Crippen molar-refractivity contribution in [3.8, 4) is 11.8 Å². The van der Waals surface area contributed by atoms with E-state index in [1.807, 2.05) is 6.92 Å². The van der Waals surface area contributed by atoms with E-state index >= 15 is 0 Å². The molecule has 0 amide bonds. The number of unbranched alkanes of at least 4 members (excludes halogenated alkanes) is 1. The van der Waals surface area contributed by atoms with Gasteiger partial charge in [0.25, 0.3) is 0 Å². The first-order valence-electron chi connectivity index (χ1n) is 2.86. The number of hydrogen-bond acceptors (Lipinski definition) is 2. The lowest BCUT2D eigenvalue weighted by molar-refractivity contribution is 0.319. The van der Waals surface area contributed by atoms with Crippen molar-refractivity contribution in [3.05, 3.63) is 0 Å². The molecule has 0 fully saturated rings. The van der Waals surface area contributed by atoms with Gasteiger partial charge in [-0.1, -0.05) is 18.8 Å². The molecule has 0 rings (SSSR count). The van der Waals surface area contributed by atoms with Gasteiger partial charge in [-0.05, 0) is 6.42 Å². The minimum Gasteiger partial charge on any atom is -0.444 e. The van der Waals surface area contributed by atoms with Crippen LogP contribution < -0.4 is 0 Å². The SMILES string of the molecule is CCCC#CCO[C]=O. The van der Waals surface area contributed by atoms with Crippen LogP contribution in [0.1, 0.15) is 19.8 Å². The van der Waals surface area contributed by atoms with Gasteiger partial charge >= 0.3 is 6.47 Å². The molecule has 0 aliphatic rings. The molecule has 0 unspecified atom stereocenters. The molecule has 2 heteroatoms. The van der Waals surface area contributed by atoms with E-state index in [-0.39, 0.29) is 6.61 Å². The number of carbonyl (C=O) groups excluding carboxylic acids is 1. The maximum atomic E-state index is 9.42. The fourth-order valence-electron chi connectivity index (χ4n) is 0.330. The predicted octanol–water partition coefficient (Wildman–Crippen LogP) is 0.874. The molecule has 0 saturated carbocycles. The summed E-state index contributed by atoms with van der Waals surface area (Å²) < 4.78 is 4.20. The summed E-state index contributed by atoms with van der Waals surface area (Å²) in [6.07, 6.45) is 1.90. The van der Waals surface area contributed by atoms with Crippen LogP contribution in [0.2, 0.25) is 0 Å². The van der Waals surface area contributed by atoms with Crippen molar-refractivity contribution in [2.75, 3.05) is 6.61 Å². The molecule has 0 aliphatic carbocycles. The Morgan fingerprint density at radius 2 is 2.22 bits per heavy atom. The van der Waals surface area contributed by atoms with E-state index in [1.54, 1.807) is 0 Å². The van der Waals surface area contributed by atoms with Gasteiger partial charge in [0.05, 0.1) is 0 Å². The molecule has 49 valence electrons. The van der Waals surface area contributed by atoms with Gasteiger partial charge in [0.15, 0.2) is 6.61 Å². The highest BCUT2D eigenvalue weighted by atomic mass is 16.5. The zero-order valence-electron chi connectivity index (χ0n) is 5.44. The van der Waals surface area contributed by atoms with E-state index in [1.165, 1.54) is 6.47 Å². The Balaban J connectivity index is 3.05. The summed E-state index contributed by atoms with van der Waals surface area (Å²) in [7, 11) is 0. The van der Waals surface area contributed by atoms with E-state index in [4.69, 9.17) is 0 Å². The second-order valence-electron chi connectivity index (χ2n) is 1.48. The van der Waals surface area contributed by atoms with E-state index in [0.29, 0.717) is 0 Å². The average molecular weight is 125 g/mol. The summed E-state index contributed by atoms with van der Waals surface area (Å²) in [4.78, 5) is 9.42. The Hall–Kier alpha value is -0.970. The van der Waals surface area contributed by atoms with E-state index < -0.39 is 0 Å². The lowest BCUT2D eigenvalue weighted by Crippen LogP contribution is -1.85. The van der Waals surface area contributed by atoms with Gasteiger partial charge in [0.2, 0.25) is 0 Å². The van der Waals surface area contributed by atoms with Gasteiger partial charge in [-0.2, -0.15) is 0 Å². The molecule has 2 nitrogen and oxygen atoms in total. The molecule has 0 atom stereocenters. The summed E-state index contributed by atoms with van der Waals surface area (Å²) in [5.74, 6) is 5.47. The zero-order valence-corrected chi connectivity index (χ0v) is 5.44. The maximum absolute atomic E-state index is 9.42. The van der Waals surface area contributed by atoms with Crippen molar-refractivity contribution in [2.24, 2.45) is 0 Å². The second kappa shape index (κ2) is 7.03. The second-order valence-corrected chi connectivity index (χ2v) is 1.48. The monoisotopic (exact) mass is 125 g/mol. The quantitative estimate of drug-likeness (QED) is 0.413. The van der Waals surface area contributed by atoms with Crippen LogP contribution in [0.4, 0.5) is 0 Å². The lowest BCUT2D eigenvalue weighted by atomic mass is 10.3. The molecule has 1 radical (unpaired) electrons. The van der Waals surface area contributed by atoms with Crippen LogP contribution in [-0.2, 0) is 9.53 Å². The molecular formula is C7H9O2. The highest BCUT2D eigenvalue weighted by Crippen LogP contribution is 1.80. The van der Waals surface area contributed by atoms with Gasteiger partial charge < -0.3 is 4.74 Å². The summed E-state index contributed by atoms with van der Waals surface area (Å²) >= 11 is 0. The molecule has 0 aromatic rings. The normalized spacial score (nSPS) is 7.22. The number of hydrogen-bond donors (Lipinski definition) is 0. The van der Waals surface area contributed by atoms with Crippen molar-refractivity contribution in [1.82, 2.24) is 0 Å². The largest absolute Gasteiger partial charge is 0.444 e. The van der Waals surface area contributed by atoms with Crippen LogP contribution in [0.15, 0.2) is 0 Å². The summed E-state index contributed by atoms with van der Waals surface area (Å²) in [5, 5.41) is 0. The first-order chi connectivity index (χ1) is 4.41. The summed E-state index contributed by atoms with van der Waals surface area (Å²) in [6.45, 7) is 3.51. The van der Waals surface area contributed by atoms with Gasteiger partial charge in [-0.15, -0.1) is 0 Å². The Bertz CT molecular complexity index is 119. The minimum absolute atomic E-state index is 0.170. The van der Waals surface area contributed by atoms with Crippen LogP contribution in [0.5, 0.6) is 0 Å². The molecule has 0 saturated heterocycles. The van der Waals surface area contributed by atoms with Crippen molar-refractivity contribution in [3.63, 3.8) is 0 Å². The van der Waals surface area contributed by atoms with Crippen LogP contribution in [0, 0.1) is 11.8 Å². The van der Waals surface area contributed by atoms with Crippen LogP contribution in [-0.4, -0.2) is 13.1 Å². The first kappa shape index (κ1) is 8.03. The fourth-order valence-corrected chi connectivity index (χ4v) is 0.330. The topological polar surface area (TPSA) is 26.3 Å². The smallest absolute Gasteiger partial charge is 0.418 e. The fraction of sp³-hybridized carbons (Fsp3) is 0.571. The molecule has 0 aromatic carbocycles. The highest BCUT2D eigenvalue weighted by Gasteiger charge is 1.73. The maximum Gasteiger partial charge on any atom is 0.418 e. The number of rotatable bonds is 3. The summed E-state index contributed by atoms with van der Waals surface area (Å²) in [6, 6.07) is 0. The van der Waals surface area contributed by atoms with Crippen molar-refractivity contribution >= 4 is 6.47 Å². The molecule has 0 bridgehead atoms. The molecule has 0 aromatic heterocycles. The van der Waals surface area contributed by atoms with E-state index in [2.05, 4.69) is 16.6 Å². The van der Waals surface area contributed by atoms with Gasteiger partial charge in [0, 0.05) is 6.42 Å². The van der Waals surface area contributed by atoms with Crippen molar-refractivity contribution in [1.29, 1.82) is 0 Å². The third-order valence-electron chi connectivity index (χ3n) is 0.703. The van der Waals surface area contributed by atoms with E-state index in [0.717, 1.165) is 12.8 Å². The first-order valence-corrected chi connectivity index (χ1v) is 2.86. The molecule has 0 spiro atoms. The highest BCUT2D eigenvalue weighted by molar-refractivity contribution is 5.38. The molecule has 0 heterocycles. The lowest BCUT2D eigenvalue weighted by Gasteiger charge is -1.81. The molecule has 0 N–H and O–H groups in total. The molecule has 0 aliphatic heterocycles. The van der Waals surface area contributed by atoms with Crippen LogP contribution in [0.25, 0.3) is 0 Å². The zero-order chi connectivity index (χ0) is 6.95. The predicted molar refractivity (Wildman–Crippen MR) is 34.3 cm³/mol. The Morgan fingerprint density at radius 3 is 2.78 bits per heavy atom. The Labute approximate surface area is 55.2 Å². The van der Waals surface area contributed by atoms with E-state index in [9.17, 15) is 4.79 Å². The van der Waals surface area contributed by atoms with Gasteiger partial charge in [-0.25, -0.2) is 4.79 Å². The van der Waals surface area contributed by atoms with Gasteiger partial charge in [-0.3, -0.25) is 0 Å². The Kier molecular flexibility index (Phi) is 6.27. The third kappa shape index (κ3) is 7.03. The molecule has 9 heavy (non-hydrogen) atoms. The summed E-state index contributed by atoms with van der Waals surface area (Å²) in [5.41, 5.74) is 0. The molecular weight excluding hydrogens is 116 g/mol. The van der Waals surface area contributed by atoms with Crippen molar-refractivity contribution < 1.29 is 9.53 Å². The van der Waals surface area contributed by atoms with Gasteiger partial charge in [0.1, 0.15) is 0 Å². The third-order valence-corrected chi connectivity index (χ3v) is 0.703. The standard InChI is InChI=1S/C7H9O2/c1-2-3-4-5-6-9-7-8/h2-3,6H2,1H3. The Morgan fingerprint density at radius 1 is 1.44 bits per heavy atom. The number of ether oxygens (including phenoxy) is 1. The average Bonchev–Trinajstić information content (AvgIpc) is 1.89. The van der Waals surface area contributed by atoms with Crippen LogP contribution >= 0.6 is 0 Å².